The lowest BCUT2D eigenvalue weighted by atomic mass is 9.78. The summed E-state index contributed by atoms with van der Waals surface area (Å²) in [6.07, 6.45) is 2.52. The minimum absolute atomic E-state index is 0.0338. The van der Waals surface area contributed by atoms with Crippen LogP contribution in [0.5, 0.6) is 5.75 Å². The number of rotatable bonds is 8. The number of hydrogen-bond acceptors (Lipinski definition) is 5. The lowest BCUT2D eigenvalue weighted by molar-refractivity contribution is -0.139. The SMILES string of the molecule is CCc1ccc(S(=O)(=O)N2CCCC(COc3ccccc3)(CC(=O)N3CCOCC3)C2)cc1. The Hall–Kier alpha value is -2.42. The van der Waals surface area contributed by atoms with Crippen molar-refractivity contribution in [2.45, 2.75) is 37.5 Å². The van der Waals surface area contributed by atoms with Gasteiger partial charge in [-0.15, -0.1) is 0 Å². The summed E-state index contributed by atoms with van der Waals surface area (Å²) >= 11 is 0. The number of carbonyl (C=O) groups is 1. The minimum atomic E-state index is -3.67. The Kier molecular flexibility index (Phi) is 7.91. The molecule has 1 unspecified atom stereocenters. The summed E-state index contributed by atoms with van der Waals surface area (Å²) < 4.78 is 40.1. The molecule has 184 valence electrons. The highest BCUT2D eigenvalue weighted by Gasteiger charge is 2.43. The zero-order valence-corrected chi connectivity index (χ0v) is 20.6. The van der Waals surface area contributed by atoms with Gasteiger partial charge in [0, 0.05) is 38.0 Å². The Morgan fingerprint density at radius 2 is 1.74 bits per heavy atom. The van der Waals surface area contributed by atoms with E-state index in [1.165, 1.54) is 0 Å². The van der Waals surface area contributed by atoms with Crippen LogP contribution in [0.15, 0.2) is 59.5 Å². The summed E-state index contributed by atoms with van der Waals surface area (Å²) in [4.78, 5) is 15.3. The summed E-state index contributed by atoms with van der Waals surface area (Å²) in [5.74, 6) is 0.752. The largest absolute Gasteiger partial charge is 0.493 e. The molecule has 0 bridgehead atoms. The standard InChI is InChI=1S/C26H34N2O5S/c1-2-22-9-11-24(12-10-22)34(30,31)28-14-6-13-26(20-28,21-33-23-7-4-3-5-8-23)19-25(29)27-15-17-32-18-16-27/h3-5,7-12H,2,6,13-21H2,1H3. The molecule has 0 N–H and O–H groups in total. The van der Waals surface area contributed by atoms with E-state index in [2.05, 4.69) is 0 Å². The van der Waals surface area contributed by atoms with E-state index in [0.717, 1.165) is 24.2 Å². The van der Waals surface area contributed by atoms with Gasteiger partial charge in [0.1, 0.15) is 5.75 Å². The normalized spacial score (nSPS) is 21.9. The van der Waals surface area contributed by atoms with Gasteiger partial charge < -0.3 is 14.4 Å². The van der Waals surface area contributed by atoms with Crippen LogP contribution >= 0.6 is 0 Å². The van der Waals surface area contributed by atoms with Crippen molar-refractivity contribution < 1.29 is 22.7 Å². The molecule has 2 aliphatic rings. The molecule has 2 aliphatic heterocycles. The van der Waals surface area contributed by atoms with E-state index >= 15 is 0 Å². The molecular formula is C26H34N2O5S. The molecule has 1 amide bonds. The molecule has 4 rings (SSSR count). The number of benzene rings is 2. The molecule has 2 fully saturated rings. The smallest absolute Gasteiger partial charge is 0.243 e. The van der Waals surface area contributed by atoms with Crippen LogP contribution in [0, 0.1) is 5.41 Å². The Balaban J connectivity index is 1.56. The Labute approximate surface area is 202 Å². The fraction of sp³-hybridized carbons (Fsp3) is 0.500. The average molecular weight is 487 g/mol. The second-order valence-corrected chi connectivity index (χ2v) is 11.1. The van der Waals surface area contributed by atoms with Crippen LogP contribution in [-0.4, -0.2) is 69.5 Å². The van der Waals surface area contributed by atoms with E-state index in [4.69, 9.17) is 9.47 Å². The number of aryl methyl sites for hydroxylation is 1. The maximum absolute atomic E-state index is 13.5. The van der Waals surface area contributed by atoms with Gasteiger partial charge in [-0.3, -0.25) is 4.79 Å². The van der Waals surface area contributed by atoms with Crippen molar-refractivity contribution in [2.75, 3.05) is 46.0 Å². The fourth-order valence-corrected chi connectivity index (χ4v) is 6.32. The van der Waals surface area contributed by atoms with Crippen molar-refractivity contribution in [3.05, 3.63) is 60.2 Å². The van der Waals surface area contributed by atoms with Crippen LogP contribution in [0.2, 0.25) is 0 Å². The summed E-state index contributed by atoms with van der Waals surface area (Å²) in [5.41, 5.74) is 0.499. The van der Waals surface area contributed by atoms with Crippen LogP contribution < -0.4 is 4.74 Å². The molecule has 8 heteroatoms. The number of morpholine rings is 1. The second-order valence-electron chi connectivity index (χ2n) is 9.21. The van der Waals surface area contributed by atoms with Crippen LogP contribution in [0.3, 0.4) is 0 Å². The number of ether oxygens (including phenoxy) is 2. The summed E-state index contributed by atoms with van der Waals surface area (Å²) in [7, 11) is -3.67. The Bertz CT molecular complexity index is 1050. The summed E-state index contributed by atoms with van der Waals surface area (Å²) in [6, 6.07) is 16.6. The van der Waals surface area contributed by atoms with Gasteiger partial charge in [0.25, 0.3) is 0 Å². The molecule has 7 nitrogen and oxygen atoms in total. The van der Waals surface area contributed by atoms with Crippen LogP contribution in [-0.2, 0) is 26.0 Å². The quantitative estimate of drug-likeness (QED) is 0.572. The first-order valence-electron chi connectivity index (χ1n) is 12.0. The van der Waals surface area contributed by atoms with Crippen molar-refractivity contribution in [1.82, 2.24) is 9.21 Å². The first-order valence-corrected chi connectivity index (χ1v) is 13.5. The van der Waals surface area contributed by atoms with E-state index in [-0.39, 0.29) is 25.5 Å². The zero-order chi connectivity index (χ0) is 24.0. The third-order valence-corrected chi connectivity index (χ3v) is 8.63. The van der Waals surface area contributed by atoms with Crippen LogP contribution in [0.1, 0.15) is 31.7 Å². The first kappa shape index (κ1) is 24.7. The molecule has 0 aromatic heterocycles. The predicted octanol–water partition coefficient (Wildman–Crippen LogP) is 3.35. The molecule has 2 aromatic rings. The maximum atomic E-state index is 13.5. The molecular weight excluding hydrogens is 452 g/mol. The van der Waals surface area contributed by atoms with Gasteiger partial charge in [-0.25, -0.2) is 8.42 Å². The van der Waals surface area contributed by atoms with E-state index in [9.17, 15) is 13.2 Å². The second kappa shape index (κ2) is 10.9. The number of nitrogens with zero attached hydrogens (tertiary/aromatic N) is 2. The highest BCUT2D eigenvalue weighted by Crippen LogP contribution is 2.37. The summed E-state index contributed by atoms with van der Waals surface area (Å²) in [6.45, 7) is 5.24. The molecule has 0 saturated carbocycles. The average Bonchev–Trinajstić information content (AvgIpc) is 2.89. The Morgan fingerprint density at radius 1 is 1.03 bits per heavy atom. The number of amides is 1. The number of carbonyl (C=O) groups excluding carboxylic acids is 1. The molecule has 2 aromatic carbocycles. The van der Waals surface area contributed by atoms with Crippen molar-refractivity contribution in [2.24, 2.45) is 5.41 Å². The van der Waals surface area contributed by atoms with E-state index in [1.54, 1.807) is 16.4 Å². The number of hydrogen-bond donors (Lipinski definition) is 0. The van der Waals surface area contributed by atoms with Crippen LogP contribution in [0.4, 0.5) is 0 Å². The molecule has 0 spiro atoms. The zero-order valence-electron chi connectivity index (χ0n) is 19.8. The van der Waals surface area contributed by atoms with Crippen molar-refractivity contribution in [1.29, 1.82) is 0 Å². The molecule has 0 aliphatic carbocycles. The lowest BCUT2D eigenvalue weighted by Gasteiger charge is -2.42. The minimum Gasteiger partial charge on any atom is -0.493 e. The number of sulfonamides is 1. The predicted molar refractivity (Wildman–Crippen MR) is 130 cm³/mol. The van der Waals surface area contributed by atoms with E-state index in [1.807, 2.05) is 54.3 Å². The summed E-state index contributed by atoms with van der Waals surface area (Å²) in [5, 5.41) is 0. The highest BCUT2D eigenvalue weighted by molar-refractivity contribution is 7.89. The molecule has 2 heterocycles. The van der Waals surface area contributed by atoms with Gasteiger partial charge in [-0.05, 0) is 49.1 Å². The topological polar surface area (TPSA) is 76.2 Å². The van der Waals surface area contributed by atoms with Gasteiger partial charge in [0.15, 0.2) is 0 Å². The third kappa shape index (κ3) is 5.79. The monoisotopic (exact) mass is 486 g/mol. The molecule has 0 radical (unpaired) electrons. The number of piperidine rings is 1. The third-order valence-electron chi connectivity index (χ3n) is 6.77. The lowest BCUT2D eigenvalue weighted by Crippen LogP contribution is -2.51. The first-order chi connectivity index (χ1) is 16.4. The van der Waals surface area contributed by atoms with Gasteiger partial charge >= 0.3 is 0 Å². The number of para-hydroxylation sites is 1. The maximum Gasteiger partial charge on any atom is 0.243 e. The van der Waals surface area contributed by atoms with Gasteiger partial charge in [-0.2, -0.15) is 4.31 Å². The Morgan fingerprint density at radius 3 is 2.41 bits per heavy atom. The van der Waals surface area contributed by atoms with E-state index < -0.39 is 15.4 Å². The van der Waals surface area contributed by atoms with Gasteiger partial charge in [-0.1, -0.05) is 37.3 Å². The van der Waals surface area contributed by atoms with Crippen molar-refractivity contribution >= 4 is 15.9 Å². The van der Waals surface area contributed by atoms with Crippen molar-refractivity contribution in [3.63, 3.8) is 0 Å². The van der Waals surface area contributed by atoms with Crippen molar-refractivity contribution in [3.8, 4) is 5.75 Å². The van der Waals surface area contributed by atoms with Gasteiger partial charge in [0.05, 0.1) is 24.7 Å². The van der Waals surface area contributed by atoms with E-state index in [0.29, 0.717) is 44.2 Å². The highest BCUT2D eigenvalue weighted by atomic mass is 32.2. The fourth-order valence-electron chi connectivity index (χ4n) is 4.73. The molecule has 1 atom stereocenters. The molecule has 2 saturated heterocycles. The molecule has 34 heavy (non-hydrogen) atoms. The van der Waals surface area contributed by atoms with Gasteiger partial charge in [0.2, 0.25) is 15.9 Å². The van der Waals surface area contributed by atoms with Crippen LogP contribution in [0.25, 0.3) is 0 Å².